The zero-order chi connectivity index (χ0) is 8.10. The van der Waals surface area contributed by atoms with E-state index in [4.69, 9.17) is 9.84 Å². The summed E-state index contributed by atoms with van der Waals surface area (Å²) in [5, 5.41) is 8.52. The molecule has 0 amide bonds. The highest BCUT2D eigenvalue weighted by Gasteiger charge is 2.23. The topological polar surface area (TPSA) is 29.5 Å². The molecule has 2 heteroatoms. The van der Waals surface area contributed by atoms with Crippen LogP contribution in [0.4, 0.5) is 0 Å². The third-order valence-electron chi connectivity index (χ3n) is 2.52. The summed E-state index contributed by atoms with van der Waals surface area (Å²) in [5.74, 6) is 0.874. The summed E-state index contributed by atoms with van der Waals surface area (Å²) >= 11 is 0. The van der Waals surface area contributed by atoms with Crippen LogP contribution in [0.3, 0.4) is 0 Å². The first-order chi connectivity index (χ1) is 5.36. The predicted octanol–water partition coefficient (Wildman–Crippen LogP) is 1.57. The van der Waals surface area contributed by atoms with E-state index in [0.29, 0.717) is 12.7 Å². The third-order valence-corrected chi connectivity index (χ3v) is 2.52. The van der Waals surface area contributed by atoms with E-state index in [1.54, 1.807) is 0 Å². The van der Waals surface area contributed by atoms with Crippen molar-refractivity contribution < 1.29 is 9.84 Å². The van der Waals surface area contributed by atoms with Crippen LogP contribution in [0.1, 0.15) is 32.6 Å². The van der Waals surface area contributed by atoms with Gasteiger partial charge in [-0.25, -0.2) is 0 Å². The van der Waals surface area contributed by atoms with E-state index in [1.165, 1.54) is 25.7 Å². The van der Waals surface area contributed by atoms with E-state index in [9.17, 15) is 0 Å². The van der Waals surface area contributed by atoms with Crippen LogP contribution in [0.2, 0.25) is 0 Å². The minimum Gasteiger partial charge on any atom is -0.394 e. The smallest absolute Gasteiger partial charge is 0.0701 e. The summed E-state index contributed by atoms with van der Waals surface area (Å²) in [7, 11) is 0. The molecule has 1 rings (SSSR count). The second-order valence-electron chi connectivity index (χ2n) is 3.30. The second-order valence-corrected chi connectivity index (χ2v) is 3.30. The molecule has 0 spiro atoms. The van der Waals surface area contributed by atoms with Crippen LogP contribution in [0.15, 0.2) is 0 Å². The number of aliphatic hydroxyl groups excluding tert-OH is 1. The highest BCUT2D eigenvalue weighted by molar-refractivity contribution is 4.74. The van der Waals surface area contributed by atoms with E-state index in [0.717, 1.165) is 5.92 Å². The van der Waals surface area contributed by atoms with Gasteiger partial charge in [-0.1, -0.05) is 13.3 Å². The zero-order valence-electron chi connectivity index (χ0n) is 7.25. The average molecular weight is 158 g/mol. The fraction of sp³-hybridized carbons (Fsp3) is 1.00. The van der Waals surface area contributed by atoms with Crippen molar-refractivity contribution in [1.82, 2.24) is 0 Å². The lowest BCUT2D eigenvalue weighted by Crippen LogP contribution is -2.11. The lowest BCUT2D eigenvalue weighted by Gasteiger charge is -2.10. The van der Waals surface area contributed by atoms with Gasteiger partial charge >= 0.3 is 0 Å². The number of rotatable bonds is 4. The molecule has 1 aliphatic carbocycles. The van der Waals surface area contributed by atoms with E-state index >= 15 is 0 Å². The molecule has 0 bridgehead atoms. The standard InChI is InChI=1S/C9H18O2/c1-2-8-3-4-9(7-8)11-6-5-10/h8-10H,2-7H2,1H3. The molecule has 0 aliphatic heterocycles. The molecule has 1 fully saturated rings. The molecule has 0 aromatic carbocycles. The van der Waals surface area contributed by atoms with Gasteiger partial charge in [-0.3, -0.25) is 0 Å². The minimum absolute atomic E-state index is 0.160. The number of hydrogen-bond acceptors (Lipinski definition) is 2. The summed E-state index contributed by atoms with van der Waals surface area (Å²) in [6.45, 7) is 2.91. The van der Waals surface area contributed by atoms with Crippen LogP contribution in [-0.4, -0.2) is 24.4 Å². The molecule has 1 aliphatic rings. The quantitative estimate of drug-likeness (QED) is 0.673. The Morgan fingerprint density at radius 3 is 2.82 bits per heavy atom. The molecule has 0 aromatic rings. The van der Waals surface area contributed by atoms with Gasteiger partial charge in [0.05, 0.1) is 19.3 Å². The van der Waals surface area contributed by atoms with E-state index in [-0.39, 0.29) is 6.61 Å². The fourth-order valence-corrected chi connectivity index (χ4v) is 1.77. The molecule has 11 heavy (non-hydrogen) atoms. The van der Waals surface area contributed by atoms with E-state index < -0.39 is 0 Å². The van der Waals surface area contributed by atoms with E-state index in [1.807, 2.05) is 0 Å². The maximum atomic E-state index is 8.52. The maximum absolute atomic E-state index is 8.52. The summed E-state index contributed by atoms with van der Waals surface area (Å²) in [5.41, 5.74) is 0. The monoisotopic (exact) mass is 158 g/mol. The first kappa shape index (κ1) is 9.01. The molecule has 0 heterocycles. The fourth-order valence-electron chi connectivity index (χ4n) is 1.77. The largest absolute Gasteiger partial charge is 0.394 e. The van der Waals surface area contributed by atoms with Crippen molar-refractivity contribution in [1.29, 1.82) is 0 Å². The number of hydrogen-bond donors (Lipinski definition) is 1. The predicted molar refractivity (Wildman–Crippen MR) is 44.5 cm³/mol. The Balaban J connectivity index is 2.09. The van der Waals surface area contributed by atoms with Crippen molar-refractivity contribution in [3.63, 3.8) is 0 Å². The van der Waals surface area contributed by atoms with Gasteiger partial charge in [0, 0.05) is 0 Å². The van der Waals surface area contributed by atoms with Gasteiger partial charge in [-0.05, 0) is 25.2 Å². The normalized spacial score (nSPS) is 31.1. The Morgan fingerprint density at radius 2 is 2.27 bits per heavy atom. The zero-order valence-corrected chi connectivity index (χ0v) is 7.25. The Hall–Kier alpha value is -0.0800. The summed E-state index contributed by atoms with van der Waals surface area (Å²) < 4.78 is 5.43. The van der Waals surface area contributed by atoms with Gasteiger partial charge in [0.25, 0.3) is 0 Å². The van der Waals surface area contributed by atoms with Crippen LogP contribution < -0.4 is 0 Å². The van der Waals surface area contributed by atoms with E-state index in [2.05, 4.69) is 6.92 Å². The molecular formula is C9H18O2. The highest BCUT2D eigenvalue weighted by atomic mass is 16.5. The molecule has 2 atom stereocenters. The van der Waals surface area contributed by atoms with Crippen molar-refractivity contribution in [3.05, 3.63) is 0 Å². The van der Waals surface area contributed by atoms with Crippen LogP contribution in [0, 0.1) is 5.92 Å². The Bertz CT molecular complexity index is 104. The highest BCUT2D eigenvalue weighted by Crippen LogP contribution is 2.29. The minimum atomic E-state index is 0.160. The summed E-state index contributed by atoms with van der Waals surface area (Å²) in [6, 6.07) is 0. The van der Waals surface area contributed by atoms with Gasteiger partial charge in [-0.2, -0.15) is 0 Å². The third kappa shape index (κ3) is 2.80. The lowest BCUT2D eigenvalue weighted by molar-refractivity contribution is 0.0307. The first-order valence-electron chi connectivity index (χ1n) is 4.59. The van der Waals surface area contributed by atoms with Crippen LogP contribution in [0.5, 0.6) is 0 Å². The molecule has 0 saturated heterocycles. The van der Waals surface area contributed by atoms with Crippen molar-refractivity contribution in [2.75, 3.05) is 13.2 Å². The number of ether oxygens (including phenoxy) is 1. The molecule has 0 aromatic heterocycles. The van der Waals surface area contributed by atoms with Crippen molar-refractivity contribution >= 4 is 0 Å². The van der Waals surface area contributed by atoms with Gasteiger partial charge in [-0.15, -0.1) is 0 Å². The molecule has 1 saturated carbocycles. The molecule has 2 nitrogen and oxygen atoms in total. The van der Waals surface area contributed by atoms with Crippen molar-refractivity contribution in [3.8, 4) is 0 Å². The van der Waals surface area contributed by atoms with Crippen LogP contribution in [0.25, 0.3) is 0 Å². The maximum Gasteiger partial charge on any atom is 0.0701 e. The summed E-state index contributed by atoms with van der Waals surface area (Å²) in [4.78, 5) is 0. The first-order valence-corrected chi connectivity index (χ1v) is 4.59. The molecule has 66 valence electrons. The van der Waals surface area contributed by atoms with Gasteiger partial charge < -0.3 is 9.84 Å². The summed E-state index contributed by atoms with van der Waals surface area (Å²) in [6.07, 6.45) is 5.42. The van der Waals surface area contributed by atoms with Crippen LogP contribution >= 0.6 is 0 Å². The molecule has 1 N–H and O–H groups in total. The Morgan fingerprint density at radius 1 is 1.45 bits per heavy atom. The molecule has 2 unspecified atom stereocenters. The lowest BCUT2D eigenvalue weighted by atomic mass is 10.1. The Labute approximate surface area is 68.6 Å². The average Bonchev–Trinajstić information content (AvgIpc) is 2.48. The van der Waals surface area contributed by atoms with Crippen molar-refractivity contribution in [2.45, 2.75) is 38.7 Å². The molecule has 0 radical (unpaired) electrons. The second kappa shape index (κ2) is 4.73. The van der Waals surface area contributed by atoms with Crippen LogP contribution in [-0.2, 0) is 4.74 Å². The number of aliphatic hydroxyl groups is 1. The Kier molecular flexibility index (Phi) is 3.87. The van der Waals surface area contributed by atoms with Gasteiger partial charge in [0.15, 0.2) is 0 Å². The van der Waals surface area contributed by atoms with Gasteiger partial charge in [0.1, 0.15) is 0 Å². The van der Waals surface area contributed by atoms with Gasteiger partial charge in [0.2, 0.25) is 0 Å². The SMILES string of the molecule is CCC1CCC(OCCO)C1. The molecular weight excluding hydrogens is 140 g/mol. The van der Waals surface area contributed by atoms with Crippen molar-refractivity contribution in [2.24, 2.45) is 5.92 Å².